The van der Waals surface area contributed by atoms with Crippen molar-refractivity contribution in [3.63, 3.8) is 0 Å². The lowest BCUT2D eigenvalue weighted by atomic mass is 10.4. The van der Waals surface area contributed by atoms with E-state index in [1.807, 2.05) is 0 Å². The van der Waals surface area contributed by atoms with Gasteiger partial charge in [-0.1, -0.05) is 0 Å². The molecule has 0 aromatic rings. The minimum atomic E-state index is 0. The molecule has 1 rings (SSSR count). The maximum atomic E-state index is 3.27. The lowest BCUT2D eigenvalue weighted by molar-refractivity contribution is 0.291. The Morgan fingerprint density at radius 1 is 1.25 bits per heavy atom. The summed E-state index contributed by atoms with van der Waals surface area (Å²) >= 11 is 0. The van der Waals surface area contributed by atoms with Gasteiger partial charge in [0.15, 0.2) is 0 Å². The van der Waals surface area contributed by atoms with Crippen molar-refractivity contribution in [1.82, 2.24) is 10.2 Å². The van der Waals surface area contributed by atoms with Gasteiger partial charge in [-0.25, -0.2) is 0 Å². The largest absolute Gasteiger partial charge is 0.314 e. The van der Waals surface area contributed by atoms with E-state index in [1.54, 1.807) is 0 Å². The van der Waals surface area contributed by atoms with E-state index in [4.69, 9.17) is 0 Å². The van der Waals surface area contributed by atoms with Gasteiger partial charge in [0.2, 0.25) is 0 Å². The van der Waals surface area contributed by atoms with E-state index < -0.39 is 0 Å². The zero-order valence-corrected chi connectivity index (χ0v) is 5.18. The van der Waals surface area contributed by atoms with Gasteiger partial charge in [0.25, 0.3) is 0 Å². The Kier molecular flexibility index (Phi) is 3.73. The molecule has 2 nitrogen and oxygen atoms in total. The normalized spacial score (nSPS) is 22.1. The Balaban J connectivity index is 0.000000490. The van der Waals surface area contributed by atoms with Crippen LogP contribution in [-0.2, 0) is 0 Å². The predicted molar refractivity (Wildman–Crippen MR) is 32.9 cm³/mol. The van der Waals surface area contributed by atoms with E-state index in [2.05, 4.69) is 17.3 Å². The molecule has 1 aliphatic rings. The molecular weight excluding hydrogens is 107 g/mol. The summed E-state index contributed by atoms with van der Waals surface area (Å²) < 4.78 is 0. The molecule has 3 heteroatoms. The third-order valence-corrected chi connectivity index (χ3v) is 1.34. The molecule has 0 atom stereocenters. The quantitative estimate of drug-likeness (QED) is 0.471. The molecule has 1 aliphatic heterocycles. The number of halogens is 1. The van der Waals surface area contributed by atoms with Gasteiger partial charge in [0.05, 0.1) is 0 Å². The fourth-order valence-electron chi connectivity index (χ4n) is 0.777. The van der Waals surface area contributed by atoms with Crippen LogP contribution in [0.4, 0.5) is 4.70 Å². The van der Waals surface area contributed by atoms with E-state index in [9.17, 15) is 0 Å². The van der Waals surface area contributed by atoms with Gasteiger partial charge >= 0.3 is 0 Å². The summed E-state index contributed by atoms with van der Waals surface area (Å²) in [5, 5.41) is 3.27. The highest BCUT2D eigenvalue weighted by Gasteiger charge is 2.01. The van der Waals surface area contributed by atoms with Crippen molar-refractivity contribution < 1.29 is 4.70 Å². The minimum absolute atomic E-state index is 0. The lowest BCUT2D eigenvalue weighted by Gasteiger charge is -2.21. The third kappa shape index (κ3) is 2.23. The topological polar surface area (TPSA) is 15.3 Å². The fraction of sp³-hybridized carbons (Fsp3) is 1.00. The number of nitrogens with one attached hydrogen (secondary N) is 1. The molecule has 0 amide bonds. The van der Waals surface area contributed by atoms with Gasteiger partial charge in [-0.2, -0.15) is 0 Å². The van der Waals surface area contributed by atoms with Gasteiger partial charge < -0.3 is 10.2 Å². The molecular formula is C5H13FN2. The molecule has 0 aromatic carbocycles. The van der Waals surface area contributed by atoms with Crippen LogP contribution >= 0.6 is 0 Å². The van der Waals surface area contributed by atoms with Gasteiger partial charge in [-0.05, 0) is 7.05 Å². The molecule has 50 valence electrons. The molecule has 1 saturated heterocycles. The second kappa shape index (κ2) is 3.80. The van der Waals surface area contributed by atoms with Crippen LogP contribution in [0.15, 0.2) is 0 Å². The van der Waals surface area contributed by atoms with E-state index >= 15 is 0 Å². The maximum Gasteiger partial charge on any atom is 0.0104 e. The number of hydrogen-bond donors (Lipinski definition) is 1. The first-order chi connectivity index (χ1) is 3.39. The van der Waals surface area contributed by atoms with Crippen LogP contribution in [0.25, 0.3) is 0 Å². The molecule has 8 heavy (non-hydrogen) atoms. The zero-order chi connectivity index (χ0) is 5.11. The average Bonchev–Trinajstić information content (AvgIpc) is 1.69. The highest BCUT2D eigenvalue weighted by atomic mass is 19.0. The first kappa shape index (κ1) is 7.85. The standard InChI is InChI=1S/C5H12N2.FH/c1-7-4-2-6-3-5-7;/h6H,2-5H2,1H3;1H. The van der Waals surface area contributed by atoms with Crippen LogP contribution in [0.3, 0.4) is 0 Å². The predicted octanol–water partition coefficient (Wildman–Crippen LogP) is -0.326. The van der Waals surface area contributed by atoms with E-state index in [1.165, 1.54) is 13.1 Å². The molecule has 0 spiro atoms. The van der Waals surface area contributed by atoms with Crippen LogP contribution in [0.1, 0.15) is 0 Å². The van der Waals surface area contributed by atoms with Gasteiger partial charge in [0, 0.05) is 26.2 Å². The van der Waals surface area contributed by atoms with Gasteiger partial charge in [-0.15, -0.1) is 0 Å². The second-order valence-corrected chi connectivity index (χ2v) is 2.05. The van der Waals surface area contributed by atoms with Gasteiger partial charge in [0.1, 0.15) is 0 Å². The van der Waals surface area contributed by atoms with E-state index in [0.29, 0.717) is 0 Å². The molecule has 0 aliphatic carbocycles. The molecule has 0 unspecified atom stereocenters. The average molecular weight is 120 g/mol. The Morgan fingerprint density at radius 2 is 1.75 bits per heavy atom. The molecule has 1 fully saturated rings. The zero-order valence-electron chi connectivity index (χ0n) is 5.18. The van der Waals surface area contributed by atoms with E-state index in [-0.39, 0.29) is 4.70 Å². The highest BCUT2D eigenvalue weighted by Crippen LogP contribution is 1.82. The van der Waals surface area contributed by atoms with Crippen LogP contribution in [0, 0.1) is 0 Å². The summed E-state index contributed by atoms with van der Waals surface area (Å²) in [6, 6.07) is 0. The first-order valence-electron chi connectivity index (χ1n) is 2.79. The second-order valence-electron chi connectivity index (χ2n) is 2.05. The Hall–Kier alpha value is -0.150. The van der Waals surface area contributed by atoms with Crippen molar-refractivity contribution in [2.24, 2.45) is 0 Å². The van der Waals surface area contributed by atoms with Crippen molar-refractivity contribution >= 4 is 0 Å². The molecule has 1 N–H and O–H groups in total. The van der Waals surface area contributed by atoms with Crippen LogP contribution in [0.5, 0.6) is 0 Å². The summed E-state index contributed by atoms with van der Waals surface area (Å²) in [5.74, 6) is 0. The summed E-state index contributed by atoms with van der Waals surface area (Å²) in [6.45, 7) is 4.74. The van der Waals surface area contributed by atoms with E-state index in [0.717, 1.165) is 13.1 Å². The third-order valence-electron chi connectivity index (χ3n) is 1.34. The van der Waals surface area contributed by atoms with Crippen LogP contribution in [0.2, 0.25) is 0 Å². The molecule has 1 heterocycles. The molecule has 0 saturated carbocycles. The lowest BCUT2D eigenvalue weighted by Crippen LogP contribution is -2.40. The number of likely N-dealkylation sites (N-methyl/N-ethyl adjacent to an activating group) is 1. The van der Waals surface area contributed by atoms with Crippen molar-refractivity contribution in [2.75, 3.05) is 33.2 Å². The summed E-state index contributed by atoms with van der Waals surface area (Å²) in [5.41, 5.74) is 0. The van der Waals surface area contributed by atoms with Gasteiger partial charge in [-0.3, -0.25) is 4.70 Å². The van der Waals surface area contributed by atoms with Crippen molar-refractivity contribution in [3.8, 4) is 0 Å². The van der Waals surface area contributed by atoms with Crippen molar-refractivity contribution in [3.05, 3.63) is 0 Å². The maximum absolute atomic E-state index is 3.27. The molecule has 0 aromatic heterocycles. The monoisotopic (exact) mass is 120 g/mol. The summed E-state index contributed by atoms with van der Waals surface area (Å²) in [7, 11) is 2.15. The molecule has 0 radical (unpaired) electrons. The van der Waals surface area contributed by atoms with Crippen molar-refractivity contribution in [2.45, 2.75) is 0 Å². The Labute approximate surface area is 49.2 Å². The summed E-state index contributed by atoms with van der Waals surface area (Å²) in [6.07, 6.45) is 0. The number of nitrogens with zero attached hydrogens (tertiary/aromatic N) is 1. The Morgan fingerprint density at radius 3 is 2.00 bits per heavy atom. The van der Waals surface area contributed by atoms with Crippen molar-refractivity contribution in [1.29, 1.82) is 0 Å². The Bertz CT molecular complexity index is 52.4. The number of piperazine rings is 1. The molecule has 0 bridgehead atoms. The fourth-order valence-corrected chi connectivity index (χ4v) is 0.777. The van der Waals surface area contributed by atoms with Crippen LogP contribution in [-0.4, -0.2) is 38.1 Å². The smallest absolute Gasteiger partial charge is 0.0104 e. The number of rotatable bonds is 0. The van der Waals surface area contributed by atoms with Crippen LogP contribution < -0.4 is 5.32 Å². The highest BCUT2D eigenvalue weighted by molar-refractivity contribution is 4.62. The minimum Gasteiger partial charge on any atom is -0.314 e. The number of hydrogen-bond acceptors (Lipinski definition) is 2. The SMILES string of the molecule is CN1CCNCC1.F. The first-order valence-corrected chi connectivity index (χ1v) is 2.79. The summed E-state index contributed by atoms with van der Waals surface area (Å²) in [4.78, 5) is 2.33.